The number of hydrogen-bond acceptors (Lipinski definition) is 10. The maximum atomic E-state index is 14.3. The third kappa shape index (κ3) is 8.01. The Bertz CT molecular complexity index is 2030. The molecule has 4 amide bonds. The van der Waals surface area contributed by atoms with Gasteiger partial charge in [0.2, 0.25) is 15.9 Å². The molecule has 0 unspecified atom stereocenters. The Balaban J connectivity index is 1.32. The normalized spacial score (nSPS) is 26.4. The van der Waals surface area contributed by atoms with Gasteiger partial charge in [-0.05, 0) is 91.8 Å². The summed E-state index contributed by atoms with van der Waals surface area (Å²) in [4.78, 5) is 49.8. The zero-order valence-electron chi connectivity index (χ0n) is 31.5. The van der Waals surface area contributed by atoms with Crippen LogP contribution in [0.15, 0.2) is 45.8 Å². The van der Waals surface area contributed by atoms with Gasteiger partial charge in [0.05, 0.1) is 34.1 Å². The first-order valence-corrected chi connectivity index (χ1v) is 21.5. The average Bonchev–Trinajstić information content (AvgIpc) is 4.01. The van der Waals surface area contributed by atoms with Gasteiger partial charge in [-0.1, -0.05) is 43.3 Å². The highest BCUT2D eigenvalue weighted by molar-refractivity contribution is 9.10. The lowest BCUT2D eigenvalue weighted by molar-refractivity contribution is -0.134. The van der Waals surface area contributed by atoms with E-state index in [1.54, 1.807) is 38.1 Å². The van der Waals surface area contributed by atoms with Crippen molar-refractivity contribution >= 4 is 71.5 Å². The number of nitrogens with zero attached hydrogens (tertiary/aromatic N) is 3. The van der Waals surface area contributed by atoms with E-state index in [0.29, 0.717) is 57.9 Å². The smallest absolute Gasteiger partial charge is 0.319 e. The van der Waals surface area contributed by atoms with Crippen LogP contribution in [0.1, 0.15) is 78.3 Å². The maximum Gasteiger partial charge on any atom is 0.319 e. The van der Waals surface area contributed by atoms with Gasteiger partial charge < -0.3 is 24.6 Å². The number of nitrogens with one attached hydrogen (secondary N) is 3. The number of likely N-dealkylation sites (N-methyl/N-ethyl adjacent to an activating group) is 1. The molecule has 2 aliphatic carbocycles. The molecule has 0 spiro atoms. The van der Waals surface area contributed by atoms with Gasteiger partial charge in [0.25, 0.3) is 5.91 Å². The van der Waals surface area contributed by atoms with Crippen molar-refractivity contribution in [2.75, 3.05) is 27.2 Å². The number of allylic oxidation sites excluding steroid dienone is 2. The van der Waals surface area contributed by atoms with Gasteiger partial charge in [-0.25, -0.2) is 18.2 Å². The lowest BCUT2D eigenvalue weighted by Crippen LogP contribution is -2.58. The van der Waals surface area contributed by atoms with Gasteiger partial charge in [0.15, 0.2) is 0 Å². The average molecular weight is 846 g/mol. The van der Waals surface area contributed by atoms with Gasteiger partial charge in [0.1, 0.15) is 34.2 Å². The summed E-state index contributed by atoms with van der Waals surface area (Å²) in [6, 6.07) is 3.76. The summed E-state index contributed by atoms with van der Waals surface area (Å²) in [5.41, 5.74) is 0.558. The Kier molecular flexibility index (Phi) is 11.5. The molecule has 1 aromatic heterocycles. The number of pyridine rings is 1. The minimum Gasteiger partial charge on any atom is -0.495 e. The molecule has 0 radical (unpaired) electrons. The standard InChI is InChI=1S/C38H49BrN6O7S2/c1-22(2)23(3)21-53-33(40)27-18-30(26-12-13-29(51-6)31(39)32(26)41-27)52-25-17-28-34(46)44(5)16-10-8-7-9-11-24-19-38(24,42-36(48)45(28)20-25)35(47)43-54(49,50)37(4)14-15-37/h9,11-13,18,21-22,24-25,28,40H,7-8,10,14-17,19-20H2,1-6H3,(H,42,48)(H,43,47)/b11-9-,23-21+,40-33?/t24-,25+,28+,38-/m1/s1. The minimum absolute atomic E-state index is 0.0175. The largest absolute Gasteiger partial charge is 0.495 e. The Morgan fingerprint density at radius 1 is 1.22 bits per heavy atom. The molecule has 2 aliphatic heterocycles. The molecule has 6 rings (SSSR count). The zero-order chi connectivity index (χ0) is 39.2. The fraction of sp³-hybridized carbons (Fsp3) is 0.553. The fourth-order valence-electron chi connectivity index (χ4n) is 6.71. The van der Waals surface area contributed by atoms with Crippen molar-refractivity contribution in [3.63, 3.8) is 0 Å². The zero-order valence-corrected chi connectivity index (χ0v) is 34.8. The number of fused-ring (bicyclic) bond motifs is 3. The molecular weight excluding hydrogens is 796 g/mol. The van der Waals surface area contributed by atoms with E-state index in [-0.39, 0.29) is 30.3 Å². The summed E-state index contributed by atoms with van der Waals surface area (Å²) in [6.07, 6.45) is 6.80. The number of halogens is 1. The molecule has 1 saturated heterocycles. The number of carbonyl (C=O) groups excluding carboxylic acids is 3. The first-order valence-electron chi connectivity index (χ1n) is 18.3. The van der Waals surface area contributed by atoms with Crippen molar-refractivity contribution in [1.29, 1.82) is 5.41 Å². The predicted molar refractivity (Wildman–Crippen MR) is 213 cm³/mol. The number of urea groups is 1. The van der Waals surface area contributed by atoms with Crippen LogP contribution in [0.3, 0.4) is 0 Å². The number of sulfonamides is 1. The quantitative estimate of drug-likeness (QED) is 0.153. The van der Waals surface area contributed by atoms with Crippen molar-refractivity contribution in [3.05, 3.63) is 51.5 Å². The topological polar surface area (TPSA) is 171 Å². The van der Waals surface area contributed by atoms with E-state index in [9.17, 15) is 22.8 Å². The highest BCUT2D eigenvalue weighted by Crippen LogP contribution is 2.48. The predicted octanol–water partition coefficient (Wildman–Crippen LogP) is 6.11. The monoisotopic (exact) mass is 844 g/mol. The molecule has 54 heavy (non-hydrogen) atoms. The molecule has 2 saturated carbocycles. The molecule has 4 atom stereocenters. The third-order valence-corrected chi connectivity index (χ3v) is 15.0. The van der Waals surface area contributed by atoms with E-state index in [1.807, 2.05) is 30.6 Å². The first-order chi connectivity index (χ1) is 25.5. The summed E-state index contributed by atoms with van der Waals surface area (Å²) in [7, 11) is -0.680. The van der Waals surface area contributed by atoms with Crippen molar-refractivity contribution in [3.8, 4) is 11.5 Å². The van der Waals surface area contributed by atoms with Gasteiger partial charge in [0, 0.05) is 37.4 Å². The van der Waals surface area contributed by atoms with Gasteiger partial charge in [-0.15, -0.1) is 0 Å². The summed E-state index contributed by atoms with van der Waals surface area (Å²) in [5.74, 6) is -0.122. The van der Waals surface area contributed by atoms with Crippen LogP contribution in [0.4, 0.5) is 4.79 Å². The first kappa shape index (κ1) is 40.0. The van der Waals surface area contributed by atoms with Crippen LogP contribution < -0.4 is 19.5 Å². The molecule has 3 N–H and O–H groups in total. The third-order valence-electron chi connectivity index (χ3n) is 11.1. The second kappa shape index (κ2) is 15.5. The lowest BCUT2D eigenvalue weighted by Gasteiger charge is -2.30. The van der Waals surface area contributed by atoms with E-state index in [4.69, 9.17) is 19.9 Å². The number of rotatable bonds is 9. The summed E-state index contributed by atoms with van der Waals surface area (Å²) in [5, 5.41) is 14.6. The molecule has 4 aliphatic rings. The van der Waals surface area contributed by atoms with Crippen molar-refractivity contribution in [1.82, 2.24) is 24.8 Å². The number of carbonyl (C=O) groups is 3. The molecule has 292 valence electrons. The van der Waals surface area contributed by atoms with Crippen LogP contribution in [0.5, 0.6) is 11.5 Å². The number of amides is 4. The van der Waals surface area contributed by atoms with Crippen LogP contribution >= 0.6 is 27.7 Å². The number of methoxy groups -OCH3 is 1. The Morgan fingerprint density at radius 3 is 2.65 bits per heavy atom. The fourth-order valence-corrected chi connectivity index (χ4v) is 9.42. The maximum absolute atomic E-state index is 14.3. The van der Waals surface area contributed by atoms with Crippen LogP contribution in [-0.2, 0) is 19.6 Å². The molecule has 3 fully saturated rings. The van der Waals surface area contributed by atoms with Gasteiger partial charge >= 0.3 is 6.03 Å². The SMILES string of the molecule is COc1ccc2c(O[C@H]3C[C@H]4C(=O)N(C)CCCC/C=C\[C@@H]5C[C@@]5(C(=O)NS(=O)(=O)C5(C)CC5)NC(=O)N4C3)cc(C(=N)S/C=C(\C)C(C)C)nc2c1Br. The second-order valence-corrected chi connectivity index (χ2v) is 19.2. The molecular formula is C38H49BrN6O7S2. The number of ether oxygens (including phenoxy) is 2. The van der Waals surface area contributed by atoms with E-state index >= 15 is 0 Å². The number of aromatic nitrogens is 1. The summed E-state index contributed by atoms with van der Waals surface area (Å²) >= 11 is 4.88. The van der Waals surface area contributed by atoms with Crippen LogP contribution in [0.2, 0.25) is 0 Å². The molecule has 16 heteroatoms. The Hall–Kier alpha value is -3.63. The van der Waals surface area contributed by atoms with Crippen LogP contribution in [-0.4, -0.2) is 95.8 Å². The van der Waals surface area contributed by atoms with Gasteiger partial charge in [-0.3, -0.25) is 19.7 Å². The number of thioether (sulfide) groups is 1. The van der Waals surface area contributed by atoms with Crippen LogP contribution in [0.25, 0.3) is 10.9 Å². The summed E-state index contributed by atoms with van der Waals surface area (Å²) < 4.78 is 40.2. The highest BCUT2D eigenvalue weighted by Gasteiger charge is 2.63. The van der Waals surface area contributed by atoms with E-state index < -0.39 is 50.3 Å². The minimum atomic E-state index is -3.95. The van der Waals surface area contributed by atoms with E-state index in [0.717, 1.165) is 24.8 Å². The summed E-state index contributed by atoms with van der Waals surface area (Å²) in [6.45, 7) is 8.32. The van der Waals surface area contributed by atoms with Crippen molar-refractivity contribution in [2.45, 2.75) is 95.1 Å². The second-order valence-electron chi connectivity index (χ2n) is 15.4. The lowest BCUT2D eigenvalue weighted by atomic mass is 10.1. The van der Waals surface area contributed by atoms with Crippen molar-refractivity contribution in [2.24, 2.45) is 11.8 Å². The number of benzene rings is 1. The molecule has 1 aromatic carbocycles. The molecule has 3 heterocycles. The van der Waals surface area contributed by atoms with Gasteiger partial charge in [-0.2, -0.15) is 0 Å². The molecule has 13 nitrogen and oxygen atoms in total. The molecule has 2 aromatic rings. The highest BCUT2D eigenvalue weighted by atomic mass is 79.9. The van der Waals surface area contributed by atoms with E-state index in [1.165, 1.54) is 16.7 Å². The molecule has 0 bridgehead atoms. The van der Waals surface area contributed by atoms with Crippen LogP contribution in [0, 0.1) is 17.2 Å². The van der Waals surface area contributed by atoms with E-state index in [2.05, 4.69) is 39.8 Å². The Labute approximate surface area is 329 Å². The number of hydrogen-bond donors (Lipinski definition) is 3. The Morgan fingerprint density at radius 2 is 1.96 bits per heavy atom. The van der Waals surface area contributed by atoms with Crippen molar-refractivity contribution < 1.29 is 32.3 Å².